The van der Waals surface area contributed by atoms with Gasteiger partial charge in [0.15, 0.2) is 0 Å². The van der Waals surface area contributed by atoms with Gasteiger partial charge in [-0.15, -0.1) is 0 Å². The first-order chi connectivity index (χ1) is 11.7. The standard InChI is InChI=1S/C18H29N5O2/c1-5-9-18(2,3)17(25)23(4)13-6-7-14(15(11-13)22-12-19)21-10-8-16(20)24/h6-7,11-12,21H,5,8-10H2,1-4H3,(H2,19,22)(H2,20,24). The average Bonchev–Trinajstić information content (AvgIpc) is 2.54. The van der Waals surface area contributed by atoms with Crippen molar-refractivity contribution in [2.24, 2.45) is 21.9 Å². The van der Waals surface area contributed by atoms with Crippen molar-refractivity contribution < 1.29 is 9.59 Å². The van der Waals surface area contributed by atoms with Gasteiger partial charge < -0.3 is 21.7 Å². The van der Waals surface area contributed by atoms with Crippen LogP contribution >= 0.6 is 0 Å². The van der Waals surface area contributed by atoms with Crippen LogP contribution in [0.15, 0.2) is 23.2 Å². The Labute approximate surface area is 149 Å². The third-order valence-electron chi connectivity index (χ3n) is 4.03. The van der Waals surface area contributed by atoms with Crippen LogP contribution in [0.25, 0.3) is 0 Å². The molecule has 2 amide bonds. The SMILES string of the molecule is CCCC(C)(C)C(=O)N(C)c1ccc(NCCC(N)=O)c(N=CN)c1. The maximum Gasteiger partial charge on any atom is 0.232 e. The molecule has 0 aliphatic rings. The number of nitrogens with two attached hydrogens (primary N) is 2. The summed E-state index contributed by atoms with van der Waals surface area (Å²) in [5.74, 6) is -0.331. The number of anilines is 2. The molecule has 0 spiro atoms. The molecule has 7 nitrogen and oxygen atoms in total. The Bertz CT molecular complexity index is 640. The van der Waals surface area contributed by atoms with Crippen LogP contribution < -0.4 is 21.7 Å². The van der Waals surface area contributed by atoms with E-state index in [4.69, 9.17) is 11.5 Å². The number of primary amides is 1. The minimum Gasteiger partial charge on any atom is -0.390 e. The Morgan fingerprint density at radius 1 is 1.36 bits per heavy atom. The summed E-state index contributed by atoms with van der Waals surface area (Å²) in [4.78, 5) is 29.4. The van der Waals surface area contributed by atoms with E-state index in [0.717, 1.165) is 24.2 Å². The van der Waals surface area contributed by atoms with Gasteiger partial charge in [-0.05, 0) is 24.6 Å². The molecule has 1 rings (SSSR count). The Morgan fingerprint density at radius 2 is 2.04 bits per heavy atom. The maximum absolute atomic E-state index is 12.8. The summed E-state index contributed by atoms with van der Waals surface area (Å²) in [7, 11) is 1.76. The summed E-state index contributed by atoms with van der Waals surface area (Å²) >= 11 is 0. The summed E-state index contributed by atoms with van der Waals surface area (Å²) in [5, 5.41) is 3.10. The number of amides is 2. The number of aliphatic imine (C=N–C) groups is 1. The molecular weight excluding hydrogens is 318 g/mol. The quantitative estimate of drug-likeness (QED) is 0.470. The van der Waals surface area contributed by atoms with E-state index < -0.39 is 5.41 Å². The molecule has 0 aliphatic heterocycles. The molecule has 0 aromatic heterocycles. The molecule has 5 N–H and O–H groups in total. The summed E-state index contributed by atoms with van der Waals surface area (Å²) in [6.45, 7) is 6.37. The lowest BCUT2D eigenvalue weighted by Crippen LogP contribution is -2.38. The predicted molar refractivity (Wildman–Crippen MR) is 103 cm³/mol. The van der Waals surface area contributed by atoms with Gasteiger partial charge in [0.2, 0.25) is 11.8 Å². The molecule has 0 radical (unpaired) electrons. The van der Waals surface area contributed by atoms with Crippen LogP contribution in [0.5, 0.6) is 0 Å². The fourth-order valence-electron chi connectivity index (χ4n) is 2.69. The fourth-order valence-corrected chi connectivity index (χ4v) is 2.69. The molecule has 0 unspecified atom stereocenters. The van der Waals surface area contributed by atoms with Gasteiger partial charge in [-0.1, -0.05) is 27.2 Å². The van der Waals surface area contributed by atoms with Crippen LogP contribution in [-0.4, -0.2) is 31.7 Å². The number of nitrogens with zero attached hydrogens (tertiary/aromatic N) is 2. The second-order valence-electron chi connectivity index (χ2n) is 6.62. The molecule has 25 heavy (non-hydrogen) atoms. The molecule has 1 aromatic carbocycles. The lowest BCUT2D eigenvalue weighted by atomic mass is 9.86. The van der Waals surface area contributed by atoms with Crippen LogP contribution in [-0.2, 0) is 9.59 Å². The van der Waals surface area contributed by atoms with Crippen LogP contribution in [0.1, 0.15) is 40.0 Å². The normalized spacial score (nSPS) is 11.5. The van der Waals surface area contributed by atoms with E-state index in [1.54, 1.807) is 18.0 Å². The first-order valence-corrected chi connectivity index (χ1v) is 8.41. The summed E-state index contributed by atoms with van der Waals surface area (Å²) < 4.78 is 0. The van der Waals surface area contributed by atoms with Crippen molar-refractivity contribution in [2.45, 2.75) is 40.0 Å². The van der Waals surface area contributed by atoms with E-state index >= 15 is 0 Å². The van der Waals surface area contributed by atoms with Crippen LogP contribution in [0.2, 0.25) is 0 Å². The smallest absolute Gasteiger partial charge is 0.232 e. The molecule has 0 saturated carbocycles. The van der Waals surface area contributed by atoms with E-state index in [9.17, 15) is 9.59 Å². The third kappa shape index (κ3) is 5.77. The van der Waals surface area contributed by atoms with Gasteiger partial charge in [-0.3, -0.25) is 9.59 Å². The van der Waals surface area contributed by atoms with E-state index in [1.807, 2.05) is 26.0 Å². The Balaban J connectivity index is 3.03. The zero-order valence-electron chi connectivity index (χ0n) is 15.5. The first-order valence-electron chi connectivity index (χ1n) is 8.41. The van der Waals surface area contributed by atoms with Crippen molar-refractivity contribution in [2.75, 3.05) is 23.8 Å². The maximum atomic E-state index is 12.8. The third-order valence-corrected chi connectivity index (χ3v) is 4.03. The van der Waals surface area contributed by atoms with E-state index in [2.05, 4.69) is 17.2 Å². The van der Waals surface area contributed by atoms with Crippen molar-refractivity contribution in [3.8, 4) is 0 Å². The number of carbonyl (C=O) groups excluding carboxylic acids is 2. The topological polar surface area (TPSA) is 114 Å². The Morgan fingerprint density at radius 3 is 2.60 bits per heavy atom. The molecule has 1 aromatic rings. The molecule has 0 saturated heterocycles. The number of benzene rings is 1. The number of hydrogen-bond donors (Lipinski definition) is 3. The monoisotopic (exact) mass is 347 g/mol. The van der Waals surface area contributed by atoms with E-state index in [1.165, 1.54) is 6.34 Å². The highest BCUT2D eigenvalue weighted by molar-refractivity contribution is 5.97. The lowest BCUT2D eigenvalue weighted by Gasteiger charge is -2.29. The number of carbonyl (C=O) groups is 2. The van der Waals surface area contributed by atoms with Crippen LogP contribution in [0.3, 0.4) is 0 Å². The molecule has 0 aliphatic carbocycles. The molecule has 7 heteroatoms. The van der Waals surface area contributed by atoms with Gasteiger partial charge in [0.05, 0.1) is 17.7 Å². The molecule has 0 atom stereocenters. The zero-order valence-corrected chi connectivity index (χ0v) is 15.5. The largest absolute Gasteiger partial charge is 0.390 e. The predicted octanol–water partition coefficient (Wildman–Crippen LogP) is 2.38. The van der Waals surface area contributed by atoms with Gasteiger partial charge >= 0.3 is 0 Å². The molecule has 0 heterocycles. The molecule has 0 fully saturated rings. The summed E-state index contributed by atoms with van der Waals surface area (Å²) in [6.07, 6.45) is 3.17. The minimum absolute atomic E-state index is 0.0477. The van der Waals surface area contributed by atoms with Crippen LogP contribution in [0.4, 0.5) is 17.1 Å². The Kier molecular flexibility index (Phi) is 7.42. The first kappa shape index (κ1) is 20.5. The zero-order chi connectivity index (χ0) is 19.0. The van der Waals surface area contributed by atoms with Crippen LogP contribution in [0, 0.1) is 5.41 Å². The summed E-state index contributed by atoms with van der Waals surface area (Å²) in [5.41, 5.74) is 12.2. The highest BCUT2D eigenvalue weighted by Gasteiger charge is 2.30. The highest BCUT2D eigenvalue weighted by atomic mass is 16.2. The summed E-state index contributed by atoms with van der Waals surface area (Å²) in [6, 6.07) is 5.44. The fraction of sp³-hybridized carbons (Fsp3) is 0.500. The lowest BCUT2D eigenvalue weighted by molar-refractivity contribution is -0.126. The minimum atomic E-state index is -0.431. The van der Waals surface area contributed by atoms with Gasteiger partial charge in [-0.25, -0.2) is 4.99 Å². The van der Waals surface area contributed by atoms with Gasteiger partial charge in [0.1, 0.15) is 0 Å². The number of hydrogen-bond acceptors (Lipinski definition) is 4. The van der Waals surface area contributed by atoms with Gasteiger partial charge in [-0.2, -0.15) is 0 Å². The van der Waals surface area contributed by atoms with Crippen molar-refractivity contribution in [1.82, 2.24) is 0 Å². The Hall–Kier alpha value is -2.57. The number of nitrogens with one attached hydrogen (secondary N) is 1. The average molecular weight is 347 g/mol. The van der Waals surface area contributed by atoms with Crippen molar-refractivity contribution in [1.29, 1.82) is 0 Å². The van der Waals surface area contributed by atoms with Gasteiger partial charge in [0.25, 0.3) is 0 Å². The van der Waals surface area contributed by atoms with Gasteiger partial charge in [0, 0.05) is 31.1 Å². The molecule has 138 valence electrons. The van der Waals surface area contributed by atoms with Crippen molar-refractivity contribution in [3.05, 3.63) is 18.2 Å². The molecule has 0 bridgehead atoms. The highest BCUT2D eigenvalue weighted by Crippen LogP contribution is 2.32. The van der Waals surface area contributed by atoms with Crippen molar-refractivity contribution in [3.63, 3.8) is 0 Å². The van der Waals surface area contributed by atoms with Crippen molar-refractivity contribution >= 4 is 35.2 Å². The number of rotatable bonds is 9. The van der Waals surface area contributed by atoms with E-state index in [0.29, 0.717) is 12.2 Å². The van der Waals surface area contributed by atoms with E-state index in [-0.39, 0.29) is 18.2 Å². The molecular formula is C18H29N5O2. The second kappa shape index (κ2) is 9.05. The second-order valence-corrected chi connectivity index (χ2v) is 6.62.